The second-order valence-corrected chi connectivity index (χ2v) is 3.68. The zero-order valence-corrected chi connectivity index (χ0v) is 9.62. The molecular formula is C9H14F4N4O. The molecule has 0 radical (unpaired) electrons. The normalized spacial score (nSPS) is 14.2. The molecule has 0 bridgehead atoms. The maximum atomic E-state index is 12.6. The van der Waals surface area contributed by atoms with Crippen molar-refractivity contribution in [3.8, 4) is 0 Å². The van der Waals surface area contributed by atoms with Crippen molar-refractivity contribution in [2.45, 2.75) is 18.4 Å². The lowest BCUT2D eigenvalue weighted by atomic mass is 10.2. The molecular weight excluding hydrogens is 256 g/mol. The van der Waals surface area contributed by atoms with Gasteiger partial charge < -0.3 is 4.74 Å². The Labute approximate surface area is 101 Å². The zero-order valence-electron chi connectivity index (χ0n) is 9.62. The molecule has 0 spiro atoms. The summed E-state index contributed by atoms with van der Waals surface area (Å²) in [6, 6.07) is 1.00. The van der Waals surface area contributed by atoms with Crippen LogP contribution in [-0.2, 0) is 11.8 Å². The van der Waals surface area contributed by atoms with E-state index in [1.165, 1.54) is 10.9 Å². The second-order valence-electron chi connectivity index (χ2n) is 3.68. The molecule has 1 aromatic rings. The number of aryl methyl sites for hydroxylation is 1. The first-order valence-corrected chi connectivity index (χ1v) is 5.06. The topological polar surface area (TPSA) is 65.1 Å². The van der Waals surface area contributed by atoms with E-state index in [-0.39, 0.29) is 6.61 Å². The van der Waals surface area contributed by atoms with Gasteiger partial charge in [-0.2, -0.15) is 13.9 Å². The summed E-state index contributed by atoms with van der Waals surface area (Å²) in [5.74, 6) is 1.07. The molecule has 0 saturated heterocycles. The molecule has 18 heavy (non-hydrogen) atoms. The molecule has 0 saturated carbocycles. The number of hydrogen-bond donors (Lipinski definition) is 2. The number of hydrogen-bond acceptors (Lipinski definition) is 4. The van der Waals surface area contributed by atoms with Crippen molar-refractivity contribution in [3.05, 3.63) is 18.0 Å². The number of aromatic nitrogens is 2. The molecule has 3 N–H and O–H groups in total. The first-order chi connectivity index (χ1) is 8.38. The van der Waals surface area contributed by atoms with E-state index in [1.54, 1.807) is 13.1 Å². The lowest BCUT2D eigenvalue weighted by molar-refractivity contribution is -0.167. The van der Waals surface area contributed by atoms with E-state index in [1.807, 2.05) is 0 Å². The largest absolute Gasteiger partial charge is 0.373 e. The Kier molecular flexibility index (Phi) is 5.05. The second kappa shape index (κ2) is 6.12. The van der Waals surface area contributed by atoms with Crippen molar-refractivity contribution in [2.24, 2.45) is 12.9 Å². The van der Waals surface area contributed by atoms with Crippen LogP contribution in [0.25, 0.3) is 0 Å². The summed E-state index contributed by atoms with van der Waals surface area (Å²) in [7, 11) is 1.63. The van der Waals surface area contributed by atoms with E-state index in [4.69, 9.17) is 5.84 Å². The Bertz CT molecular complexity index is 371. The number of halogens is 4. The van der Waals surface area contributed by atoms with Crippen LogP contribution in [0.4, 0.5) is 17.6 Å². The lowest BCUT2D eigenvalue weighted by Gasteiger charge is -2.19. The predicted octanol–water partition coefficient (Wildman–Crippen LogP) is 0.842. The average Bonchev–Trinajstić information content (AvgIpc) is 2.71. The van der Waals surface area contributed by atoms with Crippen LogP contribution in [0.5, 0.6) is 0 Å². The fourth-order valence-corrected chi connectivity index (χ4v) is 1.32. The van der Waals surface area contributed by atoms with Gasteiger partial charge >= 0.3 is 12.3 Å². The molecule has 0 aromatic carbocycles. The third kappa shape index (κ3) is 3.65. The van der Waals surface area contributed by atoms with E-state index in [9.17, 15) is 17.6 Å². The molecule has 1 heterocycles. The van der Waals surface area contributed by atoms with Crippen LogP contribution < -0.4 is 11.3 Å². The molecule has 0 aliphatic heterocycles. The van der Waals surface area contributed by atoms with Gasteiger partial charge in [-0.3, -0.25) is 10.5 Å². The number of rotatable bonds is 7. The van der Waals surface area contributed by atoms with E-state index in [2.05, 4.69) is 15.3 Å². The van der Waals surface area contributed by atoms with Gasteiger partial charge in [-0.15, -0.1) is 0 Å². The molecule has 0 aliphatic carbocycles. The molecule has 1 atom stereocenters. The van der Waals surface area contributed by atoms with Gasteiger partial charge in [0.25, 0.3) is 0 Å². The van der Waals surface area contributed by atoms with Crippen LogP contribution in [-0.4, -0.2) is 35.3 Å². The minimum absolute atomic E-state index is 0.266. The molecule has 1 rings (SSSR count). The van der Waals surface area contributed by atoms with Gasteiger partial charge in [0.15, 0.2) is 0 Å². The summed E-state index contributed by atoms with van der Waals surface area (Å²) in [4.78, 5) is 0. The first-order valence-electron chi connectivity index (χ1n) is 5.06. The highest BCUT2D eigenvalue weighted by Gasteiger charge is 2.41. The van der Waals surface area contributed by atoms with Gasteiger partial charge in [0.1, 0.15) is 6.61 Å². The number of nitrogens with two attached hydrogens (primary N) is 1. The van der Waals surface area contributed by atoms with Crippen LogP contribution >= 0.6 is 0 Å². The lowest BCUT2D eigenvalue weighted by Crippen LogP contribution is -2.36. The minimum atomic E-state index is -4.16. The zero-order chi connectivity index (χ0) is 13.8. The van der Waals surface area contributed by atoms with Crippen molar-refractivity contribution in [2.75, 3.05) is 13.2 Å². The SMILES string of the molecule is Cn1nccc1C(COCC(F)(F)C(F)F)NN. The minimum Gasteiger partial charge on any atom is -0.373 e. The first kappa shape index (κ1) is 14.9. The van der Waals surface area contributed by atoms with Gasteiger partial charge in [0.2, 0.25) is 0 Å². The molecule has 104 valence electrons. The van der Waals surface area contributed by atoms with Gasteiger partial charge in [0, 0.05) is 13.2 Å². The molecule has 0 amide bonds. The van der Waals surface area contributed by atoms with Crippen molar-refractivity contribution < 1.29 is 22.3 Å². The average molecular weight is 270 g/mol. The van der Waals surface area contributed by atoms with Gasteiger partial charge in [0.05, 0.1) is 18.3 Å². The van der Waals surface area contributed by atoms with E-state index in [0.717, 1.165) is 0 Å². The number of nitrogens with zero attached hydrogens (tertiary/aromatic N) is 2. The standard InChI is InChI=1S/C9H14F4N4O/c1-17-7(2-3-15-17)6(16-14)4-18-5-9(12,13)8(10)11/h2-3,6,8,16H,4-5,14H2,1H3. The molecule has 9 heteroatoms. The third-order valence-electron chi connectivity index (χ3n) is 2.32. The molecule has 0 fully saturated rings. The van der Waals surface area contributed by atoms with Gasteiger partial charge in [-0.25, -0.2) is 14.2 Å². The van der Waals surface area contributed by atoms with Crippen molar-refractivity contribution in [1.29, 1.82) is 0 Å². The van der Waals surface area contributed by atoms with Crippen LogP contribution in [0.1, 0.15) is 11.7 Å². The number of alkyl halides is 4. The number of nitrogens with one attached hydrogen (secondary N) is 1. The Morgan fingerprint density at radius 2 is 2.22 bits per heavy atom. The molecule has 1 unspecified atom stereocenters. The van der Waals surface area contributed by atoms with Crippen molar-refractivity contribution in [1.82, 2.24) is 15.2 Å². The van der Waals surface area contributed by atoms with Gasteiger partial charge in [-0.1, -0.05) is 0 Å². The highest BCUT2D eigenvalue weighted by atomic mass is 19.3. The van der Waals surface area contributed by atoms with Crippen LogP contribution in [0.2, 0.25) is 0 Å². The van der Waals surface area contributed by atoms with E-state index in [0.29, 0.717) is 5.69 Å². The van der Waals surface area contributed by atoms with Crippen LogP contribution in [0.15, 0.2) is 12.3 Å². The van der Waals surface area contributed by atoms with Crippen molar-refractivity contribution in [3.63, 3.8) is 0 Å². The quantitative estimate of drug-likeness (QED) is 0.438. The smallest absolute Gasteiger partial charge is 0.330 e. The highest BCUT2D eigenvalue weighted by Crippen LogP contribution is 2.23. The predicted molar refractivity (Wildman–Crippen MR) is 55.0 cm³/mol. The summed E-state index contributed by atoms with van der Waals surface area (Å²) in [5, 5.41) is 3.87. The number of ether oxygens (including phenoxy) is 1. The Morgan fingerprint density at radius 3 is 2.67 bits per heavy atom. The van der Waals surface area contributed by atoms with E-state index < -0.39 is 25.0 Å². The third-order valence-corrected chi connectivity index (χ3v) is 2.32. The van der Waals surface area contributed by atoms with Crippen LogP contribution in [0.3, 0.4) is 0 Å². The van der Waals surface area contributed by atoms with Crippen LogP contribution in [0, 0.1) is 0 Å². The molecule has 1 aromatic heterocycles. The van der Waals surface area contributed by atoms with E-state index >= 15 is 0 Å². The fourth-order valence-electron chi connectivity index (χ4n) is 1.32. The molecule has 5 nitrogen and oxygen atoms in total. The Balaban J connectivity index is 2.49. The Morgan fingerprint density at radius 1 is 1.56 bits per heavy atom. The maximum absolute atomic E-state index is 12.6. The van der Waals surface area contributed by atoms with Gasteiger partial charge in [-0.05, 0) is 6.07 Å². The maximum Gasteiger partial charge on any atom is 0.330 e. The number of hydrazine groups is 1. The van der Waals surface area contributed by atoms with Crippen molar-refractivity contribution >= 4 is 0 Å². The summed E-state index contributed by atoms with van der Waals surface area (Å²) >= 11 is 0. The summed E-state index contributed by atoms with van der Waals surface area (Å²) in [6.07, 6.45) is -2.26. The Hall–Kier alpha value is -1.19. The fraction of sp³-hybridized carbons (Fsp3) is 0.667. The monoisotopic (exact) mass is 270 g/mol. The summed E-state index contributed by atoms with van der Waals surface area (Å²) in [5.41, 5.74) is 2.94. The highest BCUT2D eigenvalue weighted by molar-refractivity contribution is 5.06. The molecule has 0 aliphatic rings. The summed E-state index contributed by atoms with van der Waals surface area (Å²) in [6.45, 7) is -1.63. The summed E-state index contributed by atoms with van der Waals surface area (Å²) < 4.78 is 54.9.